The van der Waals surface area contributed by atoms with Crippen LogP contribution in [0.25, 0.3) is 0 Å². The summed E-state index contributed by atoms with van der Waals surface area (Å²) in [4.78, 5) is 13.9. The predicted octanol–water partition coefficient (Wildman–Crippen LogP) is 1.11. The van der Waals surface area contributed by atoms with E-state index in [1.807, 2.05) is 13.8 Å². The summed E-state index contributed by atoms with van der Waals surface area (Å²) < 4.78 is 5.70. The molecule has 5 heteroatoms. The molecule has 18 heavy (non-hydrogen) atoms. The SMILES string of the molecule is CC1(C)CN(C(=O)NC2CCCC2)CC(CO)O1. The molecule has 0 spiro atoms. The lowest BCUT2D eigenvalue weighted by molar-refractivity contribution is -0.138. The summed E-state index contributed by atoms with van der Waals surface area (Å²) >= 11 is 0. The molecule has 1 atom stereocenters. The third-order valence-electron chi connectivity index (χ3n) is 3.65. The van der Waals surface area contributed by atoms with E-state index in [4.69, 9.17) is 4.74 Å². The molecule has 5 nitrogen and oxygen atoms in total. The van der Waals surface area contributed by atoms with Crippen molar-refractivity contribution < 1.29 is 14.6 Å². The summed E-state index contributed by atoms with van der Waals surface area (Å²) in [6.07, 6.45) is 4.31. The van der Waals surface area contributed by atoms with Gasteiger partial charge in [0.1, 0.15) is 0 Å². The minimum atomic E-state index is -0.390. The molecule has 2 N–H and O–H groups in total. The molecule has 1 heterocycles. The first-order valence-corrected chi connectivity index (χ1v) is 6.84. The summed E-state index contributed by atoms with van der Waals surface area (Å²) in [6, 6.07) is 0.313. The Bertz CT molecular complexity index is 301. The summed E-state index contributed by atoms with van der Waals surface area (Å²) in [5.74, 6) is 0. The van der Waals surface area contributed by atoms with Crippen LogP contribution in [0.2, 0.25) is 0 Å². The minimum Gasteiger partial charge on any atom is -0.394 e. The van der Waals surface area contributed by atoms with Gasteiger partial charge in [-0.1, -0.05) is 12.8 Å². The van der Waals surface area contributed by atoms with Gasteiger partial charge < -0.3 is 20.1 Å². The first-order valence-electron chi connectivity index (χ1n) is 6.84. The van der Waals surface area contributed by atoms with E-state index in [-0.39, 0.29) is 18.7 Å². The second-order valence-electron chi connectivity index (χ2n) is 5.99. The molecule has 104 valence electrons. The zero-order valence-corrected chi connectivity index (χ0v) is 11.3. The number of hydrogen-bond donors (Lipinski definition) is 2. The molecule has 2 rings (SSSR count). The Hall–Kier alpha value is -0.810. The number of carbonyl (C=O) groups excluding carboxylic acids is 1. The van der Waals surface area contributed by atoms with Crippen molar-refractivity contribution in [2.24, 2.45) is 0 Å². The molecule has 1 unspecified atom stereocenters. The third kappa shape index (κ3) is 3.36. The number of morpholine rings is 1. The summed E-state index contributed by atoms with van der Waals surface area (Å²) in [7, 11) is 0. The van der Waals surface area contributed by atoms with Gasteiger partial charge in [0.25, 0.3) is 0 Å². The zero-order valence-electron chi connectivity index (χ0n) is 11.3. The van der Waals surface area contributed by atoms with Gasteiger partial charge in [0.2, 0.25) is 0 Å². The van der Waals surface area contributed by atoms with Crippen molar-refractivity contribution >= 4 is 6.03 Å². The van der Waals surface area contributed by atoms with Crippen molar-refractivity contribution in [2.45, 2.75) is 57.3 Å². The van der Waals surface area contributed by atoms with E-state index in [2.05, 4.69) is 5.32 Å². The molecule has 1 saturated heterocycles. The number of amides is 2. The van der Waals surface area contributed by atoms with E-state index in [0.717, 1.165) is 12.8 Å². The Morgan fingerprint density at radius 3 is 2.72 bits per heavy atom. The van der Waals surface area contributed by atoms with Crippen molar-refractivity contribution in [3.8, 4) is 0 Å². The highest BCUT2D eigenvalue weighted by atomic mass is 16.5. The van der Waals surface area contributed by atoms with Crippen LogP contribution in [0.15, 0.2) is 0 Å². The summed E-state index contributed by atoms with van der Waals surface area (Å²) in [5.41, 5.74) is -0.390. The molecule has 1 saturated carbocycles. The molecular weight excluding hydrogens is 232 g/mol. The number of aliphatic hydroxyl groups is 1. The lowest BCUT2D eigenvalue weighted by atomic mass is 10.1. The molecular formula is C13H24N2O3. The van der Waals surface area contributed by atoms with Crippen LogP contribution in [-0.4, -0.2) is 53.5 Å². The van der Waals surface area contributed by atoms with E-state index >= 15 is 0 Å². The second-order valence-corrected chi connectivity index (χ2v) is 5.99. The van der Waals surface area contributed by atoms with Crippen molar-refractivity contribution in [3.63, 3.8) is 0 Å². The van der Waals surface area contributed by atoms with Gasteiger partial charge in [0.05, 0.1) is 31.4 Å². The number of nitrogens with one attached hydrogen (secondary N) is 1. The average molecular weight is 256 g/mol. The van der Waals surface area contributed by atoms with Gasteiger partial charge in [-0.15, -0.1) is 0 Å². The Kier molecular flexibility index (Phi) is 4.12. The number of urea groups is 1. The minimum absolute atomic E-state index is 0.0169. The molecule has 0 radical (unpaired) electrons. The number of hydrogen-bond acceptors (Lipinski definition) is 3. The van der Waals surface area contributed by atoms with Crippen LogP contribution in [0.5, 0.6) is 0 Å². The maximum atomic E-state index is 12.2. The van der Waals surface area contributed by atoms with Crippen LogP contribution in [0.1, 0.15) is 39.5 Å². The number of rotatable bonds is 2. The fourth-order valence-corrected chi connectivity index (χ4v) is 2.88. The van der Waals surface area contributed by atoms with Crippen molar-refractivity contribution in [2.75, 3.05) is 19.7 Å². The Morgan fingerprint density at radius 2 is 2.11 bits per heavy atom. The van der Waals surface area contributed by atoms with Crippen molar-refractivity contribution in [1.29, 1.82) is 0 Å². The number of nitrogens with zero attached hydrogens (tertiary/aromatic N) is 1. The monoisotopic (exact) mass is 256 g/mol. The first-order chi connectivity index (χ1) is 8.50. The highest BCUT2D eigenvalue weighted by Gasteiger charge is 2.35. The van der Waals surface area contributed by atoms with Gasteiger partial charge in [-0.2, -0.15) is 0 Å². The largest absolute Gasteiger partial charge is 0.394 e. The topological polar surface area (TPSA) is 61.8 Å². The molecule has 2 fully saturated rings. The normalized spacial score (nSPS) is 28.4. The molecule has 2 amide bonds. The molecule has 0 bridgehead atoms. The fourth-order valence-electron chi connectivity index (χ4n) is 2.88. The highest BCUT2D eigenvalue weighted by Crippen LogP contribution is 2.22. The zero-order chi connectivity index (χ0) is 13.2. The maximum Gasteiger partial charge on any atom is 0.317 e. The van der Waals surface area contributed by atoms with Crippen LogP contribution < -0.4 is 5.32 Å². The molecule has 0 aromatic heterocycles. The van der Waals surface area contributed by atoms with Crippen LogP contribution >= 0.6 is 0 Å². The van der Waals surface area contributed by atoms with E-state index < -0.39 is 5.60 Å². The summed E-state index contributed by atoms with van der Waals surface area (Å²) in [5, 5.41) is 12.3. The van der Waals surface area contributed by atoms with Crippen LogP contribution in [-0.2, 0) is 4.74 Å². The van der Waals surface area contributed by atoms with Crippen LogP contribution in [0.4, 0.5) is 4.79 Å². The third-order valence-corrected chi connectivity index (χ3v) is 3.65. The fraction of sp³-hybridized carbons (Fsp3) is 0.923. The van der Waals surface area contributed by atoms with Crippen molar-refractivity contribution in [3.05, 3.63) is 0 Å². The van der Waals surface area contributed by atoms with E-state index in [9.17, 15) is 9.90 Å². The number of aliphatic hydroxyl groups excluding tert-OH is 1. The Morgan fingerprint density at radius 1 is 1.44 bits per heavy atom. The van der Waals surface area contributed by atoms with Gasteiger partial charge in [-0.05, 0) is 26.7 Å². The van der Waals surface area contributed by atoms with E-state index in [1.54, 1.807) is 4.90 Å². The van der Waals surface area contributed by atoms with E-state index in [0.29, 0.717) is 19.1 Å². The maximum absolute atomic E-state index is 12.2. The summed E-state index contributed by atoms with van der Waals surface area (Å²) in [6.45, 7) is 4.90. The predicted molar refractivity (Wildman–Crippen MR) is 68.4 cm³/mol. The highest BCUT2D eigenvalue weighted by molar-refractivity contribution is 5.74. The van der Waals surface area contributed by atoms with Crippen LogP contribution in [0.3, 0.4) is 0 Å². The number of carbonyl (C=O) groups is 1. The standard InChI is InChI=1S/C13H24N2O3/c1-13(2)9-15(7-11(8-16)18-13)12(17)14-10-5-3-4-6-10/h10-11,16H,3-9H2,1-2H3,(H,14,17). The number of ether oxygens (including phenoxy) is 1. The first kappa shape index (κ1) is 13.6. The Labute approximate surface area is 108 Å². The average Bonchev–Trinajstić information content (AvgIpc) is 2.79. The van der Waals surface area contributed by atoms with Gasteiger partial charge in [0.15, 0.2) is 0 Å². The van der Waals surface area contributed by atoms with Gasteiger partial charge in [-0.25, -0.2) is 4.79 Å². The molecule has 1 aliphatic heterocycles. The van der Waals surface area contributed by atoms with E-state index in [1.165, 1.54) is 12.8 Å². The quantitative estimate of drug-likeness (QED) is 0.778. The molecule has 2 aliphatic rings. The van der Waals surface area contributed by atoms with Gasteiger partial charge in [0, 0.05) is 6.04 Å². The lowest BCUT2D eigenvalue weighted by Crippen LogP contribution is -2.58. The smallest absolute Gasteiger partial charge is 0.317 e. The van der Waals surface area contributed by atoms with Gasteiger partial charge >= 0.3 is 6.03 Å². The lowest BCUT2D eigenvalue weighted by Gasteiger charge is -2.42. The van der Waals surface area contributed by atoms with Crippen LogP contribution in [0, 0.1) is 0 Å². The second kappa shape index (κ2) is 5.45. The van der Waals surface area contributed by atoms with Gasteiger partial charge in [-0.3, -0.25) is 0 Å². The molecule has 0 aromatic carbocycles. The molecule has 1 aliphatic carbocycles. The Balaban J connectivity index is 1.91. The molecule has 0 aromatic rings. The van der Waals surface area contributed by atoms with Crippen molar-refractivity contribution in [1.82, 2.24) is 10.2 Å².